The molecule has 0 bridgehead atoms. The SMILES string of the molecule is CC(Br)([CH2][Po][Br])[N+](=O)[O-]. The molecule has 0 amide bonds. The molecule has 0 aromatic rings. The third-order valence-electron chi connectivity index (χ3n) is 0.699. The van der Waals surface area contributed by atoms with E-state index in [1.54, 1.807) is 6.92 Å². The minimum absolute atomic E-state index is 0.297. The Labute approximate surface area is 79.0 Å². The summed E-state index contributed by atoms with van der Waals surface area (Å²) in [5.74, 6) is 0. The molecule has 9 heavy (non-hydrogen) atoms. The molecule has 0 saturated heterocycles. The van der Waals surface area contributed by atoms with Crippen LogP contribution in [0.4, 0.5) is 0 Å². The molecule has 0 aromatic heterocycles. The van der Waals surface area contributed by atoms with Crippen LogP contribution in [0.2, 0.25) is 4.08 Å². The van der Waals surface area contributed by atoms with Crippen LogP contribution in [0.3, 0.4) is 0 Å². The van der Waals surface area contributed by atoms with Crippen LogP contribution in [0.15, 0.2) is 0 Å². The van der Waals surface area contributed by atoms with Gasteiger partial charge in [-0.25, -0.2) is 0 Å². The zero-order valence-corrected chi connectivity index (χ0v) is 11.0. The fourth-order valence-corrected chi connectivity index (χ4v) is 8.95. The standard InChI is InChI=1S/C3H5BrNO2.BrH.Po/c1-3(2,4)5(6)7;;/h1H2,2H3;1H;/q;;+1/p-1. The van der Waals surface area contributed by atoms with Gasteiger partial charge in [0.15, 0.2) is 0 Å². The predicted octanol–water partition coefficient (Wildman–Crippen LogP) is 1.81. The summed E-state index contributed by atoms with van der Waals surface area (Å²) in [5.41, 5.74) is 0. The normalized spacial score (nSPS) is 16.8. The van der Waals surface area contributed by atoms with E-state index in [-0.39, 0.29) is 4.92 Å². The van der Waals surface area contributed by atoms with Crippen molar-refractivity contribution in [2.24, 2.45) is 0 Å². The van der Waals surface area contributed by atoms with E-state index in [0.717, 1.165) is 0 Å². The van der Waals surface area contributed by atoms with Crippen molar-refractivity contribution in [2.75, 3.05) is 0 Å². The number of hydrogen-bond donors (Lipinski definition) is 0. The van der Waals surface area contributed by atoms with Gasteiger partial charge in [-0.05, 0) is 0 Å². The predicted molar refractivity (Wildman–Crippen MR) is 43.8 cm³/mol. The average Bonchev–Trinajstić information content (AvgIpc) is 1.65. The van der Waals surface area contributed by atoms with Crippen molar-refractivity contribution in [2.45, 2.75) is 15.5 Å². The van der Waals surface area contributed by atoms with Gasteiger partial charge < -0.3 is 0 Å². The van der Waals surface area contributed by atoms with E-state index in [2.05, 4.69) is 28.1 Å². The molecule has 0 aromatic carbocycles. The maximum atomic E-state index is 10.2. The van der Waals surface area contributed by atoms with Gasteiger partial charge in [0.25, 0.3) is 0 Å². The average molecular weight is 456 g/mol. The molecule has 0 fully saturated rings. The monoisotopic (exact) mass is 454 g/mol. The summed E-state index contributed by atoms with van der Waals surface area (Å²) >= 11 is 5.69. The molecule has 0 aliphatic carbocycles. The molecule has 0 heterocycles. The molecule has 3 nitrogen and oxygen atoms in total. The molecule has 6 heteroatoms. The molecule has 0 rings (SSSR count). The quantitative estimate of drug-likeness (QED) is 0.282. The third kappa shape index (κ3) is 3.85. The second-order valence-corrected chi connectivity index (χ2v) is 9.35. The molecule has 1 atom stereocenters. The Bertz CT molecular complexity index is 118. The molecule has 54 valence electrons. The van der Waals surface area contributed by atoms with E-state index in [9.17, 15) is 10.1 Å². The number of nitro groups is 1. The second kappa shape index (κ2) is 4.20. The van der Waals surface area contributed by atoms with Crippen molar-refractivity contribution in [3.8, 4) is 0 Å². The second-order valence-electron chi connectivity index (χ2n) is 1.65. The van der Waals surface area contributed by atoms with Gasteiger partial charge in [0.05, 0.1) is 0 Å². The van der Waals surface area contributed by atoms with Crippen molar-refractivity contribution in [1.82, 2.24) is 0 Å². The Hall–Kier alpha value is 1.26. The van der Waals surface area contributed by atoms with Crippen LogP contribution in [-0.4, -0.2) is 30.6 Å². The number of alkyl halides is 1. The van der Waals surface area contributed by atoms with Crippen LogP contribution >= 0.6 is 28.1 Å². The van der Waals surface area contributed by atoms with Gasteiger partial charge in [-0.15, -0.1) is 0 Å². The summed E-state index contributed by atoms with van der Waals surface area (Å²) in [6.45, 7) is 1.58. The molecule has 0 radical (unpaired) electrons. The summed E-state index contributed by atoms with van der Waals surface area (Å²) in [4.78, 5) is 9.88. The van der Waals surface area contributed by atoms with Crippen LogP contribution < -0.4 is 0 Å². The molecule has 0 aliphatic heterocycles. The van der Waals surface area contributed by atoms with Crippen molar-refractivity contribution in [3.63, 3.8) is 0 Å². The topological polar surface area (TPSA) is 43.1 Å². The van der Waals surface area contributed by atoms with Gasteiger partial charge in [0.1, 0.15) is 0 Å². The van der Waals surface area contributed by atoms with Gasteiger partial charge in [-0.2, -0.15) is 0 Å². The Morgan fingerprint density at radius 3 is 2.44 bits per heavy atom. The van der Waals surface area contributed by atoms with Gasteiger partial charge in [0.2, 0.25) is 0 Å². The first kappa shape index (κ1) is 10.3. The minimum atomic E-state index is -0.888. The molecule has 0 saturated carbocycles. The molecule has 0 spiro atoms. The number of halogens is 2. The third-order valence-corrected chi connectivity index (χ3v) is 7.48. The van der Waals surface area contributed by atoms with Crippen molar-refractivity contribution in [1.29, 1.82) is 0 Å². The van der Waals surface area contributed by atoms with Gasteiger partial charge in [0, 0.05) is 0 Å². The van der Waals surface area contributed by atoms with E-state index in [4.69, 9.17) is 0 Å². The molecule has 0 aliphatic rings. The van der Waals surface area contributed by atoms with Crippen LogP contribution in [0, 0.1) is 10.1 Å². The summed E-state index contributed by atoms with van der Waals surface area (Å²) < 4.78 is -0.235. The molecular formula is C3H5Br2NO2Po. The van der Waals surface area contributed by atoms with Crippen LogP contribution in [-0.2, 0) is 0 Å². The van der Waals surface area contributed by atoms with Crippen molar-refractivity contribution >= 4 is 49.3 Å². The van der Waals surface area contributed by atoms with Gasteiger partial charge in [-0.3, -0.25) is 0 Å². The summed E-state index contributed by atoms with van der Waals surface area (Å²) in [5, 5.41) is 10.2. The van der Waals surface area contributed by atoms with E-state index >= 15 is 0 Å². The van der Waals surface area contributed by atoms with E-state index in [1.807, 2.05) is 0 Å². The molecular weight excluding hydrogens is 451 g/mol. The van der Waals surface area contributed by atoms with Crippen molar-refractivity contribution in [3.05, 3.63) is 10.1 Å². The van der Waals surface area contributed by atoms with E-state index in [1.165, 1.54) is 0 Å². The summed E-state index contributed by atoms with van der Waals surface area (Å²) in [6, 6.07) is 0. The first-order chi connectivity index (χ1) is 4.00. The van der Waals surface area contributed by atoms with E-state index in [0.29, 0.717) is 4.08 Å². The van der Waals surface area contributed by atoms with Crippen LogP contribution in [0.5, 0.6) is 0 Å². The fourth-order valence-electron chi connectivity index (χ4n) is 0.152. The Balaban J connectivity index is 3.85. The summed E-state index contributed by atoms with van der Waals surface area (Å²) in [6.07, 6.45) is 0. The van der Waals surface area contributed by atoms with Gasteiger partial charge in [-0.1, -0.05) is 0 Å². The molecule has 1 unspecified atom stereocenters. The van der Waals surface area contributed by atoms with Gasteiger partial charge >= 0.3 is 79.8 Å². The fraction of sp³-hybridized carbons (Fsp3) is 1.00. The molecule has 0 N–H and O–H groups in total. The Kier molecular flexibility index (Phi) is 4.79. The van der Waals surface area contributed by atoms with E-state index < -0.39 is 25.6 Å². The van der Waals surface area contributed by atoms with Crippen molar-refractivity contribution < 1.29 is 4.92 Å². The first-order valence-electron chi connectivity index (χ1n) is 2.07. The number of nitrogens with zero attached hydrogens (tertiary/aromatic N) is 1. The first-order valence-corrected chi connectivity index (χ1v) is 12.0. The maximum absolute atomic E-state index is 10.2. The Morgan fingerprint density at radius 1 is 1.89 bits per heavy atom. The zero-order chi connectivity index (χ0) is 7.49. The number of rotatable bonds is 3. The number of hydrogen-bond acceptors (Lipinski definition) is 2. The van der Waals surface area contributed by atoms with Crippen LogP contribution in [0.25, 0.3) is 0 Å². The Morgan fingerprint density at radius 2 is 2.33 bits per heavy atom. The van der Waals surface area contributed by atoms with Crippen LogP contribution in [0.1, 0.15) is 6.92 Å². The summed E-state index contributed by atoms with van der Waals surface area (Å²) in [7, 11) is 0. The zero-order valence-electron chi connectivity index (χ0n) is 4.63.